The summed E-state index contributed by atoms with van der Waals surface area (Å²) in [4.78, 5) is 4.21. The molecule has 4 nitrogen and oxygen atoms in total. The van der Waals surface area contributed by atoms with Gasteiger partial charge in [-0.05, 0) is 24.5 Å². The maximum Gasteiger partial charge on any atom is 0.101 e. The van der Waals surface area contributed by atoms with Gasteiger partial charge < -0.3 is 9.84 Å². The van der Waals surface area contributed by atoms with Crippen molar-refractivity contribution < 1.29 is 9.84 Å². The Hall–Kier alpha value is -1.44. The molecule has 1 aromatic rings. The van der Waals surface area contributed by atoms with Crippen molar-refractivity contribution in [3.63, 3.8) is 0 Å². The number of ether oxygens (including phenoxy) is 1. The average Bonchev–Trinajstić information content (AvgIpc) is 2.31. The molecule has 0 bridgehead atoms. The van der Waals surface area contributed by atoms with Crippen LogP contribution in [0.25, 0.3) is 0 Å². The minimum atomic E-state index is -0.159. The van der Waals surface area contributed by atoms with Crippen LogP contribution in [0.1, 0.15) is 36.3 Å². The molecule has 0 aliphatic rings. The topological polar surface area (TPSA) is 66.1 Å². The van der Waals surface area contributed by atoms with Crippen LogP contribution < -0.4 is 0 Å². The van der Waals surface area contributed by atoms with Gasteiger partial charge in [0.25, 0.3) is 0 Å². The number of hydrogen-bond donors (Lipinski definition) is 1. The van der Waals surface area contributed by atoms with Crippen LogP contribution in [0.5, 0.6) is 0 Å². The van der Waals surface area contributed by atoms with Crippen molar-refractivity contribution in [2.24, 2.45) is 0 Å². The van der Waals surface area contributed by atoms with E-state index in [1.54, 1.807) is 19.4 Å². The molecule has 0 fully saturated rings. The second-order valence-electron chi connectivity index (χ2n) is 3.45. The normalized spacial score (nSPS) is 12.1. The molecule has 0 amide bonds. The quantitative estimate of drug-likeness (QED) is 0.818. The third-order valence-electron chi connectivity index (χ3n) is 2.52. The fourth-order valence-electron chi connectivity index (χ4n) is 1.69. The number of aromatic nitrogens is 1. The number of methoxy groups -OCH3 is 1. The summed E-state index contributed by atoms with van der Waals surface area (Å²) in [7, 11) is 1.61. The van der Waals surface area contributed by atoms with Gasteiger partial charge in [0, 0.05) is 19.9 Å². The average molecular weight is 220 g/mol. The lowest BCUT2D eigenvalue weighted by Gasteiger charge is -2.15. The highest BCUT2D eigenvalue weighted by Crippen LogP contribution is 2.23. The van der Waals surface area contributed by atoms with E-state index in [1.165, 1.54) is 0 Å². The number of hydrogen-bond acceptors (Lipinski definition) is 4. The molecule has 0 spiro atoms. The molecular weight excluding hydrogens is 204 g/mol. The monoisotopic (exact) mass is 220 g/mol. The first kappa shape index (κ1) is 12.6. The second-order valence-corrected chi connectivity index (χ2v) is 3.45. The Kier molecular flexibility index (Phi) is 4.90. The SMILES string of the molecule is CCC(OC)c1nccc(CCO)c1C#N. The molecular formula is C12H16N2O2. The molecule has 0 saturated heterocycles. The van der Waals surface area contributed by atoms with E-state index >= 15 is 0 Å². The summed E-state index contributed by atoms with van der Waals surface area (Å²) in [6.07, 6.45) is 2.73. The lowest BCUT2D eigenvalue weighted by atomic mass is 10.0. The number of pyridine rings is 1. The van der Waals surface area contributed by atoms with Crippen LogP contribution in [0, 0.1) is 11.3 Å². The Balaban J connectivity index is 3.18. The smallest absolute Gasteiger partial charge is 0.101 e. The van der Waals surface area contributed by atoms with Crippen molar-refractivity contribution in [1.82, 2.24) is 4.98 Å². The van der Waals surface area contributed by atoms with E-state index in [0.717, 1.165) is 12.0 Å². The molecule has 4 heteroatoms. The summed E-state index contributed by atoms with van der Waals surface area (Å²) >= 11 is 0. The van der Waals surface area contributed by atoms with Crippen LogP contribution >= 0.6 is 0 Å². The highest BCUT2D eigenvalue weighted by atomic mass is 16.5. The van der Waals surface area contributed by atoms with Gasteiger partial charge in [0.15, 0.2) is 0 Å². The molecule has 16 heavy (non-hydrogen) atoms. The third-order valence-corrected chi connectivity index (χ3v) is 2.52. The fourth-order valence-corrected chi connectivity index (χ4v) is 1.69. The van der Waals surface area contributed by atoms with Crippen LogP contribution in [0.3, 0.4) is 0 Å². The van der Waals surface area contributed by atoms with Gasteiger partial charge in [-0.1, -0.05) is 6.92 Å². The van der Waals surface area contributed by atoms with E-state index in [9.17, 15) is 0 Å². The Labute approximate surface area is 95.5 Å². The Morgan fingerprint density at radius 1 is 1.62 bits per heavy atom. The Morgan fingerprint density at radius 2 is 2.38 bits per heavy atom. The minimum Gasteiger partial charge on any atom is -0.396 e. The molecule has 0 aromatic carbocycles. The molecule has 86 valence electrons. The van der Waals surface area contributed by atoms with Crippen molar-refractivity contribution in [3.05, 3.63) is 29.1 Å². The standard InChI is InChI=1S/C12H16N2O2/c1-3-11(16-2)12-10(8-13)9(5-7-15)4-6-14-12/h4,6,11,15H,3,5,7H2,1-2H3. The van der Waals surface area contributed by atoms with Gasteiger partial charge in [-0.2, -0.15) is 5.26 Å². The fraction of sp³-hybridized carbons (Fsp3) is 0.500. The lowest BCUT2D eigenvalue weighted by Crippen LogP contribution is -2.08. The summed E-state index contributed by atoms with van der Waals surface area (Å²) < 4.78 is 5.29. The van der Waals surface area contributed by atoms with E-state index in [1.807, 2.05) is 6.92 Å². The van der Waals surface area contributed by atoms with E-state index in [2.05, 4.69) is 11.1 Å². The predicted molar refractivity (Wildman–Crippen MR) is 59.8 cm³/mol. The molecule has 0 radical (unpaired) electrons. The van der Waals surface area contributed by atoms with Gasteiger partial charge in [-0.3, -0.25) is 4.98 Å². The Morgan fingerprint density at radius 3 is 2.88 bits per heavy atom. The molecule has 1 rings (SSSR count). The van der Waals surface area contributed by atoms with E-state index < -0.39 is 0 Å². The second kappa shape index (κ2) is 6.21. The summed E-state index contributed by atoms with van der Waals surface area (Å²) in [5, 5.41) is 18.1. The molecule has 0 aliphatic carbocycles. The van der Waals surface area contributed by atoms with E-state index in [-0.39, 0.29) is 12.7 Å². The number of nitrogens with zero attached hydrogens (tertiary/aromatic N) is 2. The maximum atomic E-state index is 9.14. The third kappa shape index (κ3) is 2.57. The number of rotatable bonds is 5. The highest BCUT2D eigenvalue weighted by Gasteiger charge is 2.17. The lowest BCUT2D eigenvalue weighted by molar-refractivity contribution is 0.0961. The van der Waals surface area contributed by atoms with Gasteiger partial charge in [0.1, 0.15) is 12.2 Å². The van der Waals surface area contributed by atoms with Crippen LogP contribution in [-0.2, 0) is 11.2 Å². The zero-order valence-corrected chi connectivity index (χ0v) is 9.60. The van der Waals surface area contributed by atoms with Crippen molar-refractivity contribution >= 4 is 0 Å². The van der Waals surface area contributed by atoms with Gasteiger partial charge >= 0.3 is 0 Å². The summed E-state index contributed by atoms with van der Waals surface area (Å²) in [6, 6.07) is 3.91. The number of aliphatic hydroxyl groups excluding tert-OH is 1. The maximum absolute atomic E-state index is 9.14. The molecule has 0 aliphatic heterocycles. The van der Waals surface area contributed by atoms with Crippen LogP contribution in [0.15, 0.2) is 12.3 Å². The Bertz CT molecular complexity index is 381. The van der Waals surface area contributed by atoms with Crippen molar-refractivity contribution in [1.29, 1.82) is 5.26 Å². The first-order valence-electron chi connectivity index (χ1n) is 5.30. The van der Waals surface area contributed by atoms with Crippen LogP contribution in [-0.4, -0.2) is 23.8 Å². The first-order valence-corrected chi connectivity index (χ1v) is 5.30. The molecule has 1 aromatic heterocycles. The molecule has 1 unspecified atom stereocenters. The van der Waals surface area contributed by atoms with Crippen molar-refractivity contribution in [2.75, 3.05) is 13.7 Å². The summed E-state index contributed by atoms with van der Waals surface area (Å²) in [5.41, 5.74) is 2.02. The zero-order chi connectivity index (χ0) is 12.0. The van der Waals surface area contributed by atoms with Crippen LogP contribution in [0.2, 0.25) is 0 Å². The van der Waals surface area contributed by atoms with Gasteiger partial charge in [0.05, 0.1) is 11.3 Å². The van der Waals surface area contributed by atoms with Crippen molar-refractivity contribution in [2.45, 2.75) is 25.9 Å². The molecule has 1 N–H and O–H groups in total. The van der Waals surface area contributed by atoms with Gasteiger partial charge in [-0.25, -0.2) is 0 Å². The van der Waals surface area contributed by atoms with E-state index in [0.29, 0.717) is 17.7 Å². The van der Waals surface area contributed by atoms with Gasteiger partial charge in [-0.15, -0.1) is 0 Å². The first-order chi connectivity index (χ1) is 7.78. The molecule has 1 atom stereocenters. The number of nitriles is 1. The van der Waals surface area contributed by atoms with E-state index in [4.69, 9.17) is 15.1 Å². The number of aliphatic hydroxyl groups is 1. The zero-order valence-electron chi connectivity index (χ0n) is 9.60. The van der Waals surface area contributed by atoms with Gasteiger partial charge in [0.2, 0.25) is 0 Å². The summed E-state index contributed by atoms with van der Waals surface area (Å²) in [6.45, 7) is 2.01. The highest BCUT2D eigenvalue weighted by molar-refractivity contribution is 5.41. The predicted octanol–water partition coefficient (Wildman–Crippen LogP) is 1.59. The minimum absolute atomic E-state index is 0.0297. The summed E-state index contributed by atoms with van der Waals surface area (Å²) in [5.74, 6) is 0. The van der Waals surface area contributed by atoms with Crippen LogP contribution in [0.4, 0.5) is 0 Å². The largest absolute Gasteiger partial charge is 0.396 e. The molecule has 0 saturated carbocycles. The molecule has 1 heterocycles. The van der Waals surface area contributed by atoms with Crippen molar-refractivity contribution in [3.8, 4) is 6.07 Å².